The molecule has 6 rings (SSSR count). The smallest absolute Gasteiger partial charge is 0.170 e. The third kappa shape index (κ3) is 3.20. The molecule has 3 nitrogen and oxygen atoms in total. The molecular formula is C25H24BrClO3. The lowest BCUT2D eigenvalue weighted by Gasteiger charge is -2.44. The third-order valence-corrected chi connectivity index (χ3v) is 7.98. The molecule has 4 aliphatic rings. The molecule has 30 heavy (non-hydrogen) atoms. The number of fused-ring (bicyclic) bond motifs is 2. The van der Waals surface area contributed by atoms with Gasteiger partial charge in [-0.2, -0.15) is 0 Å². The molecule has 0 radical (unpaired) electrons. The van der Waals surface area contributed by atoms with Gasteiger partial charge in [0.15, 0.2) is 5.78 Å². The van der Waals surface area contributed by atoms with Crippen LogP contribution in [0.5, 0.6) is 11.5 Å². The summed E-state index contributed by atoms with van der Waals surface area (Å²) >= 11 is 9.72. The number of allylic oxidation sites excluding steroid dienone is 2. The second-order valence-corrected chi connectivity index (χ2v) is 10.0. The Labute approximate surface area is 190 Å². The Morgan fingerprint density at radius 1 is 1.07 bits per heavy atom. The van der Waals surface area contributed by atoms with E-state index in [2.05, 4.69) is 22.9 Å². The molecule has 1 N–H and O–H groups in total. The molecule has 0 spiro atoms. The standard InChI is InChI=1S/C25H24BrClO3/c1-2-13-7-9-17(30-20-10-8-16(26)11-19(20)27)12-18(13)23-24(28)21-14-3-4-15(6-5-14)22(21)25(23)29/h7-12,14-15,21-22,28H,2-6H2,1H3. The van der Waals surface area contributed by atoms with Gasteiger partial charge >= 0.3 is 0 Å². The molecule has 0 saturated heterocycles. The normalized spacial score (nSPS) is 27.5. The number of ether oxygens (including phenoxy) is 1. The molecule has 0 aromatic heterocycles. The molecule has 2 bridgehead atoms. The number of hydrogen-bond acceptors (Lipinski definition) is 3. The van der Waals surface area contributed by atoms with E-state index in [-0.39, 0.29) is 17.6 Å². The van der Waals surface area contributed by atoms with Crippen molar-refractivity contribution in [1.82, 2.24) is 0 Å². The fourth-order valence-electron chi connectivity index (χ4n) is 5.80. The molecule has 4 aliphatic carbocycles. The number of benzene rings is 2. The largest absolute Gasteiger partial charge is 0.511 e. The van der Waals surface area contributed by atoms with E-state index in [0.717, 1.165) is 47.7 Å². The Balaban J connectivity index is 1.55. The van der Waals surface area contributed by atoms with Crippen molar-refractivity contribution >= 4 is 38.9 Å². The second kappa shape index (κ2) is 7.72. The Morgan fingerprint density at radius 3 is 2.40 bits per heavy atom. The van der Waals surface area contributed by atoms with Crippen LogP contribution in [0.25, 0.3) is 5.57 Å². The highest BCUT2D eigenvalue weighted by Crippen LogP contribution is 2.57. The van der Waals surface area contributed by atoms with Crippen LogP contribution in [0, 0.1) is 23.7 Å². The zero-order valence-corrected chi connectivity index (χ0v) is 19.2. The van der Waals surface area contributed by atoms with Crippen molar-refractivity contribution in [3.63, 3.8) is 0 Å². The second-order valence-electron chi connectivity index (χ2n) is 8.70. The summed E-state index contributed by atoms with van der Waals surface area (Å²) < 4.78 is 6.92. The number of Topliss-reactive ketones (excluding diaryl/α,β-unsaturated/α-hetero) is 1. The van der Waals surface area contributed by atoms with Gasteiger partial charge in [-0.1, -0.05) is 40.5 Å². The monoisotopic (exact) mass is 486 g/mol. The van der Waals surface area contributed by atoms with Crippen LogP contribution in [0.1, 0.15) is 43.7 Å². The van der Waals surface area contributed by atoms with Gasteiger partial charge in [-0.05, 0) is 85.4 Å². The van der Waals surface area contributed by atoms with Crippen molar-refractivity contribution in [2.75, 3.05) is 0 Å². The number of ketones is 1. The molecule has 0 aliphatic heterocycles. The summed E-state index contributed by atoms with van der Waals surface area (Å²) in [7, 11) is 0. The lowest BCUT2D eigenvalue weighted by molar-refractivity contribution is -0.123. The van der Waals surface area contributed by atoms with E-state index in [0.29, 0.717) is 39.7 Å². The van der Waals surface area contributed by atoms with Crippen LogP contribution in [-0.2, 0) is 11.2 Å². The van der Waals surface area contributed by atoms with Crippen molar-refractivity contribution in [2.45, 2.75) is 39.0 Å². The van der Waals surface area contributed by atoms with Crippen LogP contribution in [0.4, 0.5) is 0 Å². The molecule has 156 valence electrons. The van der Waals surface area contributed by atoms with E-state index in [1.54, 1.807) is 6.07 Å². The molecule has 3 saturated carbocycles. The van der Waals surface area contributed by atoms with Gasteiger partial charge in [-0.15, -0.1) is 0 Å². The summed E-state index contributed by atoms with van der Waals surface area (Å²) in [5, 5.41) is 11.7. The van der Waals surface area contributed by atoms with E-state index in [4.69, 9.17) is 16.3 Å². The lowest BCUT2D eigenvalue weighted by atomic mass is 9.59. The summed E-state index contributed by atoms with van der Waals surface area (Å²) in [6, 6.07) is 11.2. The Kier molecular flexibility index (Phi) is 5.19. The third-order valence-electron chi connectivity index (χ3n) is 7.19. The van der Waals surface area contributed by atoms with Gasteiger partial charge in [0.25, 0.3) is 0 Å². The topological polar surface area (TPSA) is 46.5 Å². The average Bonchev–Trinajstić information content (AvgIpc) is 3.03. The minimum absolute atomic E-state index is 0.00944. The number of halogens is 2. The predicted octanol–water partition coefficient (Wildman–Crippen LogP) is 7.36. The van der Waals surface area contributed by atoms with Crippen molar-refractivity contribution in [1.29, 1.82) is 0 Å². The SMILES string of the molecule is CCc1ccc(Oc2ccc(Br)cc2Cl)cc1C1=C(O)C2C3CCC(CC3)C2C1=O. The lowest BCUT2D eigenvalue weighted by Crippen LogP contribution is -2.41. The van der Waals surface area contributed by atoms with Crippen LogP contribution >= 0.6 is 27.5 Å². The van der Waals surface area contributed by atoms with Crippen LogP contribution in [0.2, 0.25) is 5.02 Å². The molecule has 2 aromatic rings. The zero-order chi connectivity index (χ0) is 21.0. The van der Waals surface area contributed by atoms with E-state index in [1.165, 1.54) is 0 Å². The van der Waals surface area contributed by atoms with Gasteiger partial charge in [-0.3, -0.25) is 4.79 Å². The maximum absolute atomic E-state index is 13.5. The number of carbonyl (C=O) groups is 1. The van der Waals surface area contributed by atoms with Crippen LogP contribution < -0.4 is 4.74 Å². The van der Waals surface area contributed by atoms with Gasteiger partial charge in [0.2, 0.25) is 0 Å². The van der Waals surface area contributed by atoms with Gasteiger partial charge in [0.1, 0.15) is 17.3 Å². The highest BCUT2D eigenvalue weighted by atomic mass is 79.9. The Bertz CT molecular complexity index is 1050. The van der Waals surface area contributed by atoms with Crippen molar-refractivity contribution in [3.8, 4) is 11.5 Å². The first-order chi connectivity index (χ1) is 14.5. The van der Waals surface area contributed by atoms with E-state index < -0.39 is 0 Å². The number of aliphatic hydroxyl groups excluding tert-OH is 1. The van der Waals surface area contributed by atoms with Gasteiger partial charge in [0, 0.05) is 16.3 Å². The number of aliphatic hydroxyl groups is 1. The number of aryl methyl sites for hydroxylation is 1. The zero-order valence-electron chi connectivity index (χ0n) is 16.8. The van der Waals surface area contributed by atoms with Crippen LogP contribution in [-0.4, -0.2) is 10.9 Å². The molecule has 5 heteroatoms. The molecule has 2 unspecified atom stereocenters. The first kappa shape index (κ1) is 20.1. The van der Waals surface area contributed by atoms with E-state index in [9.17, 15) is 9.90 Å². The number of hydrogen-bond donors (Lipinski definition) is 1. The highest BCUT2D eigenvalue weighted by Gasteiger charge is 2.54. The van der Waals surface area contributed by atoms with Crippen molar-refractivity contribution in [2.24, 2.45) is 23.7 Å². The first-order valence-corrected chi connectivity index (χ1v) is 11.9. The highest BCUT2D eigenvalue weighted by molar-refractivity contribution is 9.10. The van der Waals surface area contributed by atoms with E-state index in [1.807, 2.05) is 30.3 Å². The summed E-state index contributed by atoms with van der Waals surface area (Å²) in [4.78, 5) is 13.5. The average molecular weight is 488 g/mol. The maximum Gasteiger partial charge on any atom is 0.170 e. The number of carbonyl (C=O) groups excluding carboxylic acids is 1. The Hall–Kier alpha value is -1.78. The molecular weight excluding hydrogens is 464 g/mol. The first-order valence-electron chi connectivity index (χ1n) is 10.7. The molecule has 0 amide bonds. The molecule has 2 aromatic carbocycles. The van der Waals surface area contributed by atoms with Crippen LogP contribution in [0.3, 0.4) is 0 Å². The van der Waals surface area contributed by atoms with Crippen LogP contribution in [0.15, 0.2) is 46.6 Å². The van der Waals surface area contributed by atoms with E-state index >= 15 is 0 Å². The fourth-order valence-corrected chi connectivity index (χ4v) is 6.51. The minimum Gasteiger partial charge on any atom is -0.511 e. The van der Waals surface area contributed by atoms with Crippen molar-refractivity contribution in [3.05, 3.63) is 62.8 Å². The fraction of sp³-hybridized carbons (Fsp3) is 0.400. The maximum atomic E-state index is 13.5. The minimum atomic E-state index is -0.0392. The number of rotatable bonds is 4. The Morgan fingerprint density at radius 2 is 1.77 bits per heavy atom. The summed E-state index contributed by atoms with van der Waals surface area (Å²) in [5.41, 5.74) is 2.37. The summed E-state index contributed by atoms with van der Waals surface area (Å²) in [6.45, 7) is 2.07. The van der Waals surface area contributed by atoms with Gasteiger partial charge < -0.3 is 9.84 Å². The van der Waals surface area contributed by atoms with Gasteiger partial charge in [0.05, 0.1) is 10.6 Å². The molecule has 3 fully saturated rings. The summed E-state index contributed by atoms with van der Waals surface area (Å²) in [5.74, 6) is 2.42. The summed E-state index contributed by atoms with van der Waals surface area (Å²) in [6.07, 6.45) is 5.26. The molecule has 0 heterocycles. The van der Waals surface area contributed by atoms with Crippen molar-refractivity contribution < 1.29 is 14.6 Å². The van der Waals surface area contributed by atoms with Gasteiger partial charge in [-0.25, -0.2) is 0 Å². The predicted molar refractivity (Wildman–Crippen MR) is 122 cm³/mol. The quantitative estimate of drug-likeness (QED) is 0.490. The molecule has 2 atom stereocenters.